The van der Waals surface area contributed by atoms with Crippen LogP contribution in [-0.4, -0.2) is 23.7 Å². The first-order chi connectivity index (χ1) is 11.0. The average molecular weight is 331 g/mol. The number of esters is 1. The van der Waals surface area contributed by atoms with Crippen molar-refractivity contribution in [1.82, 2.24) is 0 Å². The molecule has 0 aromatic rings. The summed E-state index contributed by atoms with van der Waals surface area (Å²) >= 11 is 0. The minimum absolute atomic E-state index is 0.0328. The lowest BCUT2D eigenvalue weighted by molar-refractivity contribution is -0.143. The van der Waals surface area contributed by atoms with Crippen molar-refractivity contribution in [2.24, 2.45) is 0 Å². The van der Waals surface area contributed by atoms with Crippen LogP contribution in [0.5, 0.6) is 0 Å². The summed E-state index contributed by atoms with van der Waals surface area (Å²) in [6, 6.07) is 0. The molecule has 138 valence electrons. The van der Waals surface area contributed by atoms with Gasteiger partial charge in [-0.1, -0.05) is 78.1 Å². The van der Waals surface area contributed by atoms with Crippen LogP contribution >= 0.6 is 0 Å². The van der Waals surface area contributed by atoms with Crippen molar-refractivity contribution in [2.75, 3.05) is 6.61 Å². The Morgan fingerprint density at radius 2 is 1.13 bits per heavy atom. The molecular formula is C19H38O4. The normalized spacial score (nSPS) is 9.87. The van der Waals surface area contributed by atoms with Crippen LogP contribution in [0.4, 0.5) is 0 Å². The first kappa shape index (κ1) is 24.2. The van der Waals surface area contributed by atoms with E-state index in [4.69, 9.17) is 14.6 Å². The van der Waals surface area contributed by atoms with Gasteiger partial charge in [-0.05, 0) is 12.8 Å². The van der Waals surface area contributed by atoms with Gasteiger partial charge < -0.3 is 9.84 Å². The molecule has 4 nitrogen and oxygen atoms in total. The second-order valence-corrected chi connectivity index (χ2v) is 6.03. The predicted molar refractivity (Wildman–Crippen MR) is 95.6 cm³/mol. The van der Waals surface area contributed by atoms with Gasteiger partial charge in [0.1, 0.15) is 0 Å². The molecule has 0 aliphatic rings. The van der Waals surface area contributed by atoms with E-state index in [-0.39, 0.29) is 5.97 Å². The molecule has 0 radical (unpaired) electrons. The number of aliphatic carboxylic acids is 1. The highest BCUT2D eigenvalue weighted by molar-refractivity contribution is 5.69. The van der Waals surface area contributed by atoms with Crippen molar-refractivity contribution in [2.45, 2.75) is 104 Å². The van der Waals surface area contributed by atoms with Crippen molar-refractivity contribution >= 4 is 11.9 Å². The fourth-order valence-electron chi connectivity index (χ4n) is 2.23. The third-order valence-electron chi connectivity index (χ3n) is 3.47. The summed E-state index contributed by atoms with van der Waals surface area (Å²) in [6.45, 7) is 5.97. The highest BCUT2D eigenvalue weighted by Crippen LogP contribution is 2.11. The number of rotatable bonds is 14. The van der Waals surface area contributed by atoms with Crippen LogP contribution in [0.15, 0.2) is 0 Å². The van der Waals surface area contributed by atoms with Crippen molar-refractivity contribution in [3.05, 3.63) is 0 Å². The van der Waals surface area contributed by atoms with Gasteiger partial charge in [-0.25, -0.2) is 0 Å². The lowest BCUT2D eigenvalue weighted by Gasteiger charge is -2.04. The molecular weight excluding hydrogens is 292 g/mol. The van der Waals surface area contributed by atoms with Crippen LogP contribution in [0.1, 0.15) is 104 Å². The summed E-state index contributed by atoms with van der Waals surface area (Å²) in [4.78, 5) is 20.1. The molecule has 0 rings (SSSR count). The van der Waals surface area contributed by atoms with E-state index >= 15 is 0 Å². The SMILES string of the molecule is CC(=O)O.CCCCCCCCCCCCCOC(=O)CCC. The maximum atomic E-state index is 11.1. The molecule has 0 heterocycles. The second-order valence-electron chi connectivity index (χ2n) is 6.03. The summed E-state index contributed by atoms with van der Waals surface area (Å²) in [5.41, 5.74) is 0. The van der Waals surface area contributed by atoms with Gasteiger partial charge in [0, 0.05) is 13.3 Å². The van der Waals surface area contributed by atoms with E-state index < -0.39 is 5.97 Å². The number of ether oxygens (including phenoxy) is 1. The highest BCUT2D eigenvalue weighted by Gasteiger charge is 1.99. The number of unbranched alkanes of at least 4 members (excludes halogenated alkanes) is 10. The molecule has 0 saturated heterocycles. The molecule has 0 fully saturated rings. The Labute approximate surface area is 143 Å². The molecule has 0 saturated carbocycles. The van der Waals surface area contributed by atoms with Crippen LogP contribution in [0, 0.1) is 0 Å². The Balaban J connectivity index is 0. The van der Waals surface area contributed by atoms with E-state index in [0.717, 1.165) is 19.8 Å². The van der Waals surface area contributed by atoms with Gasteiger partial charge in [-0.15, -0.1) is 0 Å². The third-order valence-corrected chi connectivity index (χ3v) is 3.47. The average Bonchev–Trinajstić information content (AvgIpc) is 2.48. The molecule has 0 aromatic heterocycles. The molecule has 1 N–H and O–H groups in total. The molecule has 0 atom stereocenters. The van der Waals surface area contributed by atoms with Crippen molar-refractivity contribution < 1.29 is 19.4 Å². The van der Waals surface area contributed by atoms with E-state index in [1.54, 1.807) is 0 Å². The lowest BCUT2D eigenvalue weighted by atomic mass is 10.1. The monoisotopic (exact) mass is 330 g/mol. The van der Waals surface area contributed by atoms with Gasteiger partial charge in [-0.3, -0.25) is 9.59 Å². The zero-order valence-corrected chi connectivity index (χ0v) is 15.6. The number of carboxylic acid groups (broad SMARTS) is 1. The molecule has 4 heteroatoms. The molecule has 0 unspecified atom stereocenters. The van der Waals surface area contributed by atoms with Gasteiger partial charge in [-0.2, -0.15) is 0 Å². The minimum Gasteiger partial charge on any atom is -0.481 e. The summed E-state index contributed by atoms with van der Waals surface area (Å²) in [5.74, 6) is -0.866. The summed E-state index contributed by atoms with van der Waals surface area (Å²) in [7, 11) is 0. The Morgan fingerprint density at radius 3 is 1.52 bits per heavy atom. The van der Waals surface area contributed by atoms with E-state index in [1.165, 1.54) is 64.2 Å². The topological polar surface area (TPSA) is 63.6 Å². The first-order valence-electron chi connectivity index (χ1n) is 9.39. The fourth-order valence-corrected chi connectivity index (χ4v) is 2.23. The summed E-state index contributed by atoms with van der Waals surface area (Å²) in [5, 5.41) is 7.42. The van der Waals surface area contributed by atoms with Gasteiger partial charge >= 0.3 is 5.97 Å². The maximum Gasteiger partial charge on any atom is 0.305 e. The Hall–Kier alpha value is -1.06. The Kier molecular flexibility index (Phi) is 22.0. The molecule has 0 aliphatic heterocycles. The number of carbonyl (C=O) groups excluding carboxylic acids is 1. The van der Waals surface area contributed by atoms with Crippen LogP contribution in [0.2, 0.25) is 0 Å². The van der Waals surface area contributed by atoms with E-state index in [2.05, 4.69) is 6.92 Å². The summed E-state index contributed by atoms with van der Waals surface area (Å²) < 4.78 is 5.13. The molecule has 0 aromatic carbocycles. The maximum absolute atomic E-state index is 11.1. The molecule has 0 aliphatic carbocycles. The van der Waals surface area contributed by atoms with Crippen LogP contribution in [0.3, 0.4) is 0 Å². The van der Waals surface area contributed by atoms with Crippen LogP contribution < -0.4 is 0 Å². The van der Waals surface area contributed by atoms with Crippen LogP contribution in [-0.2, 0) is 14.3 Å². The van der Waals surface area contributed by atoms with Gasteiger partial charge in [0.2, 0.25) is 0 Å². The number of carbonyl (C=O) groups is 2. The second kappa shape index (κ2) is 20.9. The zero-order chi connectivity index (χ0) is 17.8. The van der Waals surface area contributed by atoms with E-state index in [1.807, 2.05) is 6.92 Å². The third kappa shape index (κ3) is 29.6. The molecule has 0 spiro atoms. The fraction of sp³-hybridized carbons (Fsp3) is 0.895. The first-order valence-corrected chi connectivity index (χ1v) is 9.39. The highest BCUT2D eigenvalue weighted by atomic mass is 16.5. The van der Waals surface area contributed by atoms with Crippen molar-refractivity contribution in [3.8, 4) is 0 Å². The largest absolute Gasteiger partial charge is 0.481 e. The number of carboxylic acids is 1. The van der Waals surface area contributed by atoms with Gasteiger partial charge in [0.05, 0.1) is 6.61 Å². The lowest BCUT2D eigenvalue weighted by Crippen LogP contribution is -2.04. The van der Waals surface area contributed by atoms with E-state index in [0.29, 0.717) is 13.0 Å². The summed E-state index contributed by atoms with van der Waals surface area (Å²) in [6.07, 6.45) is 16.1. The van der Waals surface area contributed by atoms with Gasteiger partial charge in [0.15, 0.2) is 0 Å². The minimum atomic E-state index is -0.833. The molecule has 0 bridgehead atoms. The van der Waals surface area contributed by atoms with Crippen molar-refractivity contribution in [1.29, 1.82) is 0 Å². The van der Waals surface area contributed by atoms with Crippen molar-refractivity contribution in [3.63, 3.8) is 0 Å². The smallest absolute Gasteiger partial charge is 0.305 e. The predicted octanol–water partition coefficient (Wildman–Crippen LogP) is 5.73. The standard InChI is InChI=1S/C17H34O2.C2H4O2/c1-3-5-6-7-8-9-10-11-12-13-14-16-19-17(18)15-4-2;1-2(3)4/h3-16H2,1-2H3;1H3,(H,3,4). The zero-order valence-electron chi connectivity index (χ0n) is 15.6. The van der Waals surface area contributed by atoms with Gasteiger partial charge in [0.25, 0.3) is 5.97 Å². The molecule has 23 heavy (non-hydrogen) atoms. The molecule has 0 amide bonds. The number of hydrogen-bond donors (Lipinski definition) is 1. The number of hydrogen-bond acceptors (Lipinski definition) is 3. The van der Waals surface area contributed by atoms with Crippen LogP contribution in [0.25, 0.3) is 0 Å². The van der Waals surface area contributed by atoms with E-state index in [9.17, 15) is 4.79 Å². The Bertz CT molecular complexity index is 260. The quantitative estimate of drug-likeness (QED) is 0.326. The Morgan fingerprint density at radius 1 is 0.739 bits per heavy atom.